The molecular weight excluding hydrogens is 508 g/mol. The van der Waals surface area contributed by atoms with Gasteiger partial charge in [0.05, 0.1) is 0 Å². The maximum atomic E-state index is 13.9. The molecule has 20 heavy (non-hydrogen) atoms. The fourth-order valence-corrected chi connectivity index (χ4v) is 2.79. The predicted octanol–water partition coefficient (Wildman–Crippen LogP) is 3.62. The zero-order chi connectivity index (χ0) is 15.4. The first kappa shape index (κ1) is 17.7. The molecule has 1 aromatic carbocycles. The van der Waals surface area contributed by atoms with Gasteiger partial charge in [-0.3, -0.25) is 0 Å². The van der Waals surface area contributed by atoms with Crippen molar-refractivity contribution >= 4 is 56.8 Å². The molecule has 0 radical (unpaired) electrons. The Bertz CT molecular complexity index is 493. The third kappa shape index (κ3) is 3.46. The molecule has 1 N–H and O–H groups in total. The van der Waals surface area contributed by atoms with Crippen molar-refractivity contribution in [2.75, 3.05) is 26.8 Å². The number of halogens is 6. The maximum absolute atomic E-state index is 13.9. The summed E-state index contributed by atoms with van der Waals surface area (Å²) in [6, 6.07) is 0. The van der Waals surface area contributed by atoms with Gasteiger partial charge in [0.2, 0.25) is 0 Å². The molecule has 112 valence electrons. The lowest BCUT2D eigenvalue weighted by atomic mass is 10.1. The van der Waals surface area contributed by atoms with E-state index in [0.717, 1.165) is 4.90 Å². The van der Waals surface area contributed by atoms with Crippen LogP contribution in [0.15, 0.2) is 0 Å². The van der Waals surface area contributed by atoms with Crippen LogP contribution < -0.4 is 4.90 Å². The van der Waals surface area contributed by atoms with Crippen molar-refractivity contribution in [3.63, 3.8) is 0 Å². The van der Waals surface area contributed by atoms with E-state index >= 15 is 0 Å². The van der Waals surface area contributed by atoms with Gasteiger partial charge in [-0.25, -0.2) is 22.4 Å². The van der Waals surface area contributed by atoms with Gasteiger partial charge >= 0.3 is 5.97 Å². The van der Waals surface area contributed by atoms with Crippen LogP contribution in [0, 0.1) is 23.3 Å². The van der Waals surface area contributed by atoms with E-state index in [4.69, 9.17) is 5.11 Å². The molecule has 0 aliphatic rings. The second-order valence-corrected chi connectivity index (χ2v) is 5.81. The van der Waals surface area contributed by atoms with E-state index in [9.17, 15) is 22.4 Å². The number of carboxylic acids is 1. The van der Waals surface area contributed by atoms with E-state index in [1.54, 1.807) is 0 Å². The van der Waals surface area contributed by atoms with Crippen molar-refractivity contribution in [3.05, 3.63) is 28.8 Å². The van der Waals surface area contributed by atoms with Gasteiger partial charge in [0.15, 0.2) is 23.3 Å². The minimum absolute atomic E-state index is 0.183. The molecule has 0 heterocycles. The second kappa shape index (κ2) is 7.61. The van der Waals surface area contributed by atoms with Gasteiger partial charge < -0.3 is 10.0 Å². The smallest absolute Gasteiger partial charge is 0.341 e. The summed E-state index contributed by atoms with van der Waals surface area (Å²) in [5.74, 6) is -9.21. The molecule has 0 unspecified atom stereocenters. The lowest BCUT2D eigenvalue weighted by Crippen LogP contribution is -2.30. The Kier molecular flexibility index (Phi) is 6.75. The highest BCUT2D eigenvalue weighted by atomic mass is 127. The average Bonchev–Trinajstić information content (AvgIpc) is 2.37. The van der Waals surface area contributed by atoms with E-state index in [0.29, 0.717) is 8.86 Å². The molecular formula is C11H9F4I2NO2. The van der Waals surface area contributed by atoms with Crippen LogP contribution in [0.1, 0.15) is 10.4 Å². The van der Waals surface area contributed by atoms with Crippen LogP contribution in [0.3, 0.4) is 0 Å². The summed E-state index contributed by atoms with van der Waals surface area (Å²) in [6.45, 7) is 0.366. The first-order chi connectivity index (χ1) is 9.36. The van der Waals surface area contributed by atoms with E-state index < -0.39 is 40.5 Å². The Morgan fingerprint density at radius 2 is 1.35 bits per heavy atom. The van der Waals surface area contributed by atoms with Gasteiger partial charge in [0.25, 0.3) is 0 Å². The summed E-state index contributed by atoms with van der Waals surface area (Å²) in [6.07, 6.45) is 0. The number of rotatable bonds is 6. The molecule has 1 rings (SSSR count). The van der Waals surface area contributed by atoms with E-state index in [-0.39, 0.29) is 13.1 Å². The van der Waals surface area contributed by atoms with Crippen LogP contribution in [0.4, 0.5) is 23.2 Å². The second-order valence-electron chi connectivity index (χ2n) is 3.65. The number of hydrogen-bond donors (Lipinski definition) is 1. The Hall–Kier alpha value is -0.330. The minimum atomic E-state index is -2.06. The van der Waals surface area contributed by atoms with Crippen LogP contribution in [0.5, 0.6) is 0 Å². The summed E-state index contributed by atoms with van der Waals surface area (Å²) in [7, 11) is 0. The van der Waals surface area contributed by atoms with Gasteiger partial charge in [-0.15, -0.1) is 0 Å². The third-order valence-corrected chi connectivity index (χ3v) is 3.44. The Morgan fingerprint density at radius 3 is 1.65 bits per heavy atom. The highest BCUT2D eigenvalue weighted by Crippen LogP contribution is 2.31. The number of carbonyl (C=O) groups is 1. The zero-order valence-electron chi connectivity index (χ0n) is 9.90. The molecule has 0 aliphatic carbocycles. The molecule has 1 aromatic rings. The molecule has 0 spiro atoms. The first-order valence-corrected chi connectivity index (χ1v) is 8.38. The first-order valence-electron chi connectivity index (χ1n) is 5.32. The molecule has 0 aliphatic heterocycles. The van der Waals surface area contributed by atoms with Gasteiger partial charge in [-0.2, -0.15) is 0 Å². The quantitative estimate of drug-likeness (QED) is 0.272. The monoisotopic (exact) mass is 517 g/mol. The van der Waals surface area contributed by atoms with Gasteiger partial charge in [-0.05, 0) is 0 Å². The Balaban J connectivity index is 3.52. The van der Waals surface area contributed by atoms with Crippen LogP contribution in [-0.2, 0) is 0 Å². The highest BCUT2D eigenvalue weighted by molar-refractivity contribution is 14.1. The fraction of sp³-hybridized carbons (Fsp3) is 0.364. The molecule has 3 nitrogen and oxygen atoms in total. The molecule has 0 amide bonds. The molecule has 0 bridgehead atoms. The number of alkyl halides is 2. The van der Waals surface area contributed by atoms with Gasteiger partial charge in [0, 0.05) is 21.9 Å². The summed E-state index contributed by atoms with van der Waals surface area (Å²) >= 11 is 3.91. The van der Waals surface area contributed by atoms with Crippen molar-refractivity contribution in [3.8, 4) is 0 Å². The zero-order valence-corrected chi connectivity index (χ0v) is 14.2. The minimum Gasteiger partial charge on any atom is -0.477 e. The van der Waals surface area contributed by atoms with Gasteiger partial charge in [-0.1, -0.05) is 45.2 Å². The molecule has 9 heteroatoms. The number of carboxylic acid groups (broad SMARTS) is 1. The lowest BCUT2D eigenvalue weighted by Gasteiger charge is -2.24. The standard InChI is InChI=1S/C11H9F4I2NO2/c12-6-5(11(19)20)7(13)9(15)10(8(6)14)18(3-1-16)4-2-17/h1-4H2,(H,19,20). The molecule has 0 saturated heterocycles. The Labute approximate surface area is 139 Å². The third-order valence-electron chi connectivity index (χ3n) is 2.48. The van der Waals surface area contributed by atoms with Crippen molar-refractivity contribution in [2.24, 2.45) is 0 Å². The molecule has 0 fully saturated rings. The van der Waals surface area contributed by atoms with Gasteiger partial charge in [0.1, 0.15) is 11.3 Å². The van der Waals surface area contributed by atoms with Crippen molar-refractivity contribution in [1.82, 2.24) is 0 Å². The number of hydrogen-bond acceptors (Lipinski definition) is 2. The van der Waals surface area contributed by atoms with Crippen molar-refractivity contribution < 1.29 is 27.5 Å². The summed E-state index contributed by atoms with van der Waals surface area (Å²) in [5.41, 5.74) is -2.48. The van der Waals surface area contributed by atoms with Crippen LogP contribution in [0.2, 0.25) is 0 Å². The van der Waals surface area contributed by atoms with E-state index in [1.165, 1.54) is 0 Å². The lowest BCUT2D eigenvalue weighted by molar-refractivity contribution is 0.0683. The SMILES string of the molecule is O=C(O)c1c(F)c(F)c(N(CCI)CCI)c(F)c1F. The number of anilines is 1. The normalized spacial score (nSPS) is 10.7. The number of benzene rings is 1. The molecule has 0 saturated carbocycles. The summed E-state index contributed by atoms with van der Waals surface area (Å²) < 4.78 is 55.9. The van der Waals surface area contributed by atoms with E-state index in [2.05, 4.69) is 0 Å². The summed E-state index contributed by atoms with van der Waals surface area (Å²) in [4.78, 5) is 11.8. The largest absolute Gasteiger partial charge is 0.477 e. The predicted molar refractivity (Wildman–Crippen MR) is 83.2 cm³/mol. The Morgan fingerprint density at radius 1 is 0.950 bits per heavy atom. The number of nitrogens with zero attached hydrogens (tertiary/aromatic N) is 1. The average molecular weight is 517 g/mol. The van der Waals surface area contributed by atoms with Crippen LogP contribution >= 0.6 is 45.2 Å². The number of aromatic carboxylic acids is 1. The highest BCUT2D eigenvalue weighted by Gasteiger charge is 2.31. The molecule has 0 atom stereocenters. The van der Waals surface area contributed by atoms with Crippen LogP contribution in [-0.4, -0.2) is 33.0 Å². The maximum Gasteiger partial charge on any atom is 0.341 e. The van der Waals surface area contributed by atoms with Crippen LogP contribution in [0.25, 0.3) is 0 Å². The molecule has 0 aromatic heterocycles. The van der Waals surface area contributed by atoms with Crippen molar-refractivity contribution in [2.45, 2.75) is 0 Å². The fourth-order valence-electron chi connectivity index (χ4n) is 1.62. The topological polar surface area (TPSA) is 40.5 Å². The van der Waals surface area contributed by atoms with Crippen molar-refractivity contribution in [1.29, 1.82) is 0 Å². The summed E-state index contributed by atoms with van der Waals surface area (Å²) in [5, 5.41) is 8.60. The van der Waals surface area contributed by atoms with E-state index in [1.807, 2.05) is 45.2 Å².